The Morgan fingerprint density at radius 2 is 1.90 bits per heavy atom. The Kier molecular flexibility index (Phi) is 3.33. The van der Waals surface area contributed by atoms with E-state index in [0.29, 0.717) is 5.56 Å². The van der Waals surface area contributed by atoms with Crippen LogP contribution in [0.4, 0.5) is 10.1 Å². The Labute approximate surface area is 117 Å². The van der Waals surface area contributed by atoms with E-state index < -0.39 is 0 Å². The van der Waals surface area contributed by atoms with Crippen LogP contribution in [0, 0.1) is 5.82 Å². The average molecular weight is 266 g/mol. The summed E-state index contributed by atoms with van der Waals surface area (Å²) in [6, 6.07) is 16.6. The molecule has 0 aliphatic rings. The van der Waals surface area contributed by atoms with E-state index in [1.807, 2.05) is 43.3 Å². The van der Waals surface area contributed by atoms with E-state index in [0.717, 1.165) is 16.6 Å². The fourth-order valence-corrected chi connectivity index (χ4v) is 2.32. The maximum atomic E-state index is 13.7. The van der Waals surface area contributed by atoms with Crippen molar-refractivity contribution in [1.82, 2.24) is 4.98 Å². The molecule has 0 amide bonds. The number of pyridine rings is 1. The van der Waals surface area contributed by atoms with E-state index in [4.69, 9.17) is 0 Å². The van der Waals surface area contributed by atoms with Gasteiger partial charge in [-0.05, 0) is 37.3 Å². The van der Waals surface area contributed by atoms with Crippen molar-refractivity contribution in [2.75, 3.05) is 5.32 Å². The maximum Gasteiger partial charge on any atom is 0.128 e. The molecule has 0 saturated carbocycles. The molecule has 3 heteroatoms. The first-order valence-electron chi connectivity index (χ1n) is 6.60. The zero-order valence-electron chi connectivity index (χ0n) is 11.2. The predicted octanol–water partition coefficient (Wildman–Crippen LogP) is 4.55. The van der Waals surface area contributed by atoms with Crippen molar-refractivity contribution in [3.63, 3.8) is 0 Å². The first-order chi connectivity index (χ1) is 9.74. The van der Waals surface area contributed by atoms with Gasteiger partial charge in [0, 0.05) is 22.8 Å². The number of nitrogens with zero attached hydrogens (tertiary/aromatic N) is 1. The second-order valence-corrected chi connectivity index (χ2v) is 4.80. The maximum absolute atomic E-state index is 13.7. The molecule has 1 N–H and O–H groups in total. The van der Waals surface area contributed by atoms with E-state index in [9.17, 15) is 4.39 Å². The first-order valence-corrected chi connectivity index (χ1v) is 6.60. The van der Waals surface area contributed by atoms with Crippen LogP contribution < -0.4 is 5.32 Å². The monoisotopic (exact) mass is 266 g/mol. The van der Waals surface area contributed by atoms with Gasteiger partial charge in [-0.25, -0.2) is 4.39 Å². The second-order valence-electron chi connectivity index (χ2n) is 4.80. The minimum Gasteiger partial charge on any atom is -0.378 e. The number of hydrogen-bond acceptors (Lipinski definition) is 2. The second kappa shape index (κ2) is 5.29. The zero-order valence-corrected chi connectivity index (χ0v) is 11.2. The minimum atomic E-state index is -0.185. The molecule has 0 aliphatic carbocycles. The van der Waals surface area contributed by atoms with E-state index in [-0.39, 0.29) is 11.9 Å². The summed E-state index contributed by atoms with van der Waals surface area (Å²) in [6.07, 6.45) is 1.78. The Bertz CT molecular complexity index is 740. The Balaban J connectivity index is 1.87. The van der Waals surface area contributed by atoms with Gasteiger partial charge in [0.25, 0.3) is 0 Å². The largest absolute Gasteiger partial charge is 0.378 e. The van der Waals surface area contributed by atoms with Crippen molar-refractivity contribution in [3.8, 4) is 0 Å². The fourth-order valence-electron chi connectivity index (χ4n) is 2.32. The third-order valence-electron chi connectivity index (χ3n) is 3.36. The molecule has 2 nitrogen and oxygen atoms in total. The Morgan fingerprint density at radius 3 is 2.75 bits per heavy atom. The summed E-state index contributed by atoms with van der Waals surface area (Å²) in [5, 5.41) is 4.39. The first kappa shape index (κ1) is 12.6. The van der Waals surface area contributed by atoms with Crippen LogP contribution >= 0.6 is 0 Å². The molecule has 1 unspecified atom stereocenters. The molecule has 3 rings (SSSR count). The average Bonchev–Trinajstić information content (AvgIpc) is 2.47. The Morgan fingerprint density at radius 1 is 1.05 bits per heavy atom. The molecule has 1 aromatic heterocycles. The van der Waals surface area contributed by atoms with Gasteiger partial charge in [-0.1, -0.05) is 24.3 Å². The summed E-state index contributed by atoms with van der Waals surface area (Å²) in [4.78, 5) is 4.29. The van der Waals surface area contributed by atoms with Crippen molar-refractivity contribution in [3.05, 3.63) is 72.2 Å². The van der Waals surface area contributed by atoms with Crippen molar-refractivity contribution in [2.45, 2.75) is 13.0 Å². The molecule has 0 spiro atoms. The molecule has 0 fully saturated rings. The Hall–Kier alpha value is -2.42. The molecule has 1 atom stereocenters. The van der Waals surface area contributed by atoms with E-state index in [1.54, 1.807) is 18.3 Å². The number of halogens is 1. The van der Waals surface area contributed by atoms with E-state index in [1.165, 1.54) is 6.07 Å². The molecule has 3 aromatic rings. The van der Waals surface area contributed by atoms with E-state index >= 15 is 0 Å². The van der Waals surface area contributed by atoms with Crippen LogP contribution in [0.15, 0.2) is 60.8 Å². The quantitative estimate of drug-likeness (QED) is 0.752. The topological polar surface area (TPSA) is 24.9 Å². The molecule has 2 aromatic carbocycles. The highest BCUT2D eigenvalue weighted by molar-refractivity contribution is 5.82. The van der Waals surface area contributed by atoms with Gasteiger partial charge < -0.3 is 5.32 Å². The molecular formula is C17H15FN2. The highest BCUT2D eigenvalue weighted by atomic mass is 19.1. The molecule has 0 aliphatic heterocycles. The van der Waals surface area contributed by atoms with Gasteiger partial charge in [0.15, 0.2) is 0 Å². The van der Waals surface area contributed by atoms with Crippen molar-refractivity contribution >= 4 is 16.6 Å². The van der Waals surface area contributed by atoms with Gasteiger partial charge >= 0.3 is 0 Å². The van der Waals surface area contributed by atoms with Gasteiger partial charge in [-0.2, -0.15) is 0 Å². The zero-order chi connectivity index (χ0) is 13.9. The molecule has 0 bridgehead atoms. The van der Waals surface area contributed by atoms with Crippen LogP contribution in [0.2, 0.25) is 0 Å². The standard InChI is InChI=1S/C17H15FN2/c1-12(15-6-2-3-7-16(15)18)20-14-8-9-17-13(11-14)5-4-10-19-17/h2-12,20H,1H3. The molecule has 100 valence electrons. The van der Waals surface area contributed by atoms with Gasteiger partial charge in [0.05, 0.1) is 11.6 Å². The van der Waals surface area contributed by atoms with Gasteiger partial charge in [-0.3, -0.25) is 4.98 Å². The SMILES string of the molecule is CC(Nc1ccc2ncccc2c1)c1ccccc1F. The summed E-state index contributed by atoms with van der Waals surface area (Å²) in [5.41, 5.74) is 2.58. The number of aromatic nitrogens is 1. The van der Waals surface area contributed by atoms with Crippen molar-refractivity contribution in [1.29, 1.82) is 0 Å². The lowest BCUT2D eigenvalue weighted by Gasteiger charge is -2.16. The summed E-state index contributed by atoms with van der Waals surface area (Å²) >= 11 is 0. The lowest BCUT2D eigenvalue weighted by molar-refractivity contribution is 0.600. The van der Waals surface area contributed by atoms with Crippen LogP contribution in [-0.2, 0) is 0 Å². The predicted molar refractivity (Wildman–Crippen MR) is 80.2 cm³/mol. The van der Waals surface area contributed by atoms with Gasteiger partial charge in [-0.15, -0.1) is 0 Å². The van der Waals surface area contributed by atoms with Gasteiger partial charge in [0.1, 0.15) is 5.82 Å². The number of benzene rings is 2. The normalized spacial score (nSPS) is 12.3. The highest BCUT2D eigenvalue weighted by Crippen LogP contribution is 2.23. The van der Waals surface area contributed by atoms with Crippen LogP contribution in [0.5, 0.6) is 0 Å². The minimum absolute atomic E-state index is 0.0923. The summed E-state index contributed by atoms with van der Waals surface area (Å²) < 4.78 is 13.7. The van der Waals surface area contributed by atoms with Crippen LogP contribution in [0.3, 0.4) is 0 Å². The lowest BCUT2D eigenvalue weighted by atomic mass is 10.1. The highest BCUT2D eigenvalue weighted by Gasteiger charge is 2.10. The van der Waals surface area contributed by atoms with Crippen molar-refractivity contribution in [2.24, 2.45) is 0 Å². The molecule has 20 heavy (non-hydrogen) atoms. The molecule has 0 radical (unpaired) electrons. The third kappa shape index (κ3) is 2.48. The number of fused-ring (bicyclic) bond motifs is 1. The van der Waals surface area contributed by atoms with Crippen LogP contribution in [0.1, 0.15) is 18.5 Å². The van der Waals surface area contributed by atoms with E-state index in [2.05, 4.69) is 10.3 Å². The summed E-state index contributed by atoms with van der Waals surface area (Å²) in [7, 11) is 0. The van der Waals surface area contributed by atoms with Crippen LogP contribution in [-0.4, -0.2) is 4.98 Å². The molecule has 0 saturated heterocycles. The smallest absolute Gasteiger partial charge is 0.128 e. The number of rotatable bonds is 3. The summed E-state index contributed by atoms with van der Waals surface area (Å²) in [6.45, 7) is 1.95. The van der Waals surface area contributed by atoms with Gasteiger partial charge in [0.2, 0.25) is 0 Å². The third-order valence-corrected chi connectivity index (χ3v) is 3.36. The summed E-state index contributed by atoms with van der Waals surface area (Å²) in [5.74, 6) is -0.185. The lowest BCUT2D eigenvalue weighted by Crippen LogP contribution is -2.08. The molecule has 1 heterocycles. The number of anilines is 1. The van der Waals surface area contributed by atoms with Crippen molar-refractivity contribution < 1.29 is 4.39 Å². The fraction of sp³-hybridized carbons (Fsp3) is 0.118. The number of nitrogens with one attached hydrogen (secondary N) is 1. The molecular weight excluding hydrogens is 251 g/mol. The van der Waals surface area contributed by atoms with Crippen LogP contribution in [0.25, 0.3) is 10.9 Å². The number of hydrogen-bond donors (Lipinski definition) is 1.